The average molecular weight is 338 g/mol. The number of nitro benzene ring substituents is 1. The van der Waals surface area contributed by atoms with Crippen LogP contribution in [0.4, 0.5) is 11.4 Å². The van der Waals surface area contributed by atoms with Gasteiger partial charge in [0.2, 0.25) is 0 Å². The summed E-state index contributed by atoms with van der Waals surface area (Å²) in [5.41, 5.74) is 0.0649. The van der Waals surface area contributed by atoms with Crippen LogP contribution in [0, 0.1) is 10.1 Å². The highest BCUT2D eigenvalue weighted by Crippen LogP contribution is 2.28. The van der Waals surface area contributed by atoms with Crippen molar-refractivity contribution in [3.8, 4) is 5.75 Å². The lowest BCUT2D eigenvalue weighted by atomic mass is 10.2. The van der Waals surface area contributed by atoms with E-state index in [2.05, 4.69) is 20.6 Å². The zero-order chi connectivity index (χ0) is 18.1. The van der Waals surface area contributed by atoms with Gasteiger partial charge in [0.1, 0.15) is 12.0 Å². The molecular weight excluding hydrogens is 320 g/mol. The van der Waals surface area contributed by atoms with E-state index in [9.17, 15) is 19.7 Å². The minimum absolute atomic E-state index is 0.0250. The van der Waals surface area contributed by atoms with Gasteiger partial charge in [0, 0.05) is 12.1 Å². The molecular formula is C14H18N4O6. The maximum absolute atomic E-state index is 11.7. The van der Waals surface area contributed by atoms with Crippen LogP contribution < -0.4 is 15.4 Å². The number of anilines is 1. The molecule has 0 unspecified atom stereocenters. The zero-order valence-electron chi connectivity index (χ0n) is 13.4. The first-order chi connectivity index (χ1) is 11.3. The molecule has 2 N–H and O–H groups in total. The van der Waals surface area contributed by atoms with E-state index in [1.54, 1.807) is 13.8 Å². The van der Waals surface area contributed by atoms with Crippen LogP contribution in [0.2, 0.25) is 0 Å². The van der Waals surface area contributed by atoms with E-state index in [1.807, 2.05) is 0 Å². The monoisotopic (exact) mass is 338 g/mol. The summed E-state index contributed by atoms with van der Waals surface area (Å²) in [7, 11) is 1.32. The smallest absolute Gasteiger partial charge is 0.273 e. The Morgan fingerprint density at radius 3 is 2.71 bits per heavy atom. The molecule has 1 aromatic carbocycles. The molecule has 0 spiro atoms. The van der Waals surface area contributed by atoms with Gasteiger partial charge in [-0.3, -0.25) is 19.7 Å². The van der Waals surface area contributed by atoms with E-state index in [-0.39, 0.29) is 35.7 Å². The number of methoxy groups -OCH3 is 1. The van der Waals surface area contributed by atoms with Crippen LogP contribution in [-0.4, -0.2) is 42.7 Å². The minimum atomic E-state index is -0.647. The molecule has 0 fully saturated rings. The second-order valence-corrected chi connectivity index (χ2v) is 4.86. The molecule has 10 nitrogen and oxygen atoms in total. The summed E-state index contributed by atoms with van der Waals surface area (Å²) in [6, 6.07) is 3.71. The van der Waals surface area contributed by atoms with E-state index in [0.717, 1.165) is 6.21 Å². The number of oxime groups is 1. The molecule has 0 aliphatic heterocycles. The largest absolute Gasteiger partial charge is 0.494 e. The van der Waals surface area contributed by atoms with E-state index in [0.29, 0.717) is 0 Å². The first kappa shape index (κ1) is 18.9. The SMILES string of the molecule is COc1cc([N+](=O)[O-])ccc1NC(=O)/C=N\OCC(=O)NC(C)C. The van der Waals surface area contributed by atoms with Crippen LogP contribution in [0.15, 0.2) is 23.4 Å². The third-order valence-electron chi connectivity index (χ3n) is 2.54. The standard InChI is InChI=1S/C14H18N4O6/c1-9(2)16-14(20)8-24-15-7-13(19)17-11-5-4-10(18(21)22)6-12(11)23-3/h4-7,9H,8H2,1-3H3,(H,16,20)(H,17,19)/b15-7-. The third-order valence-corrected chi connectivity index (χ3v) is 2.54. The van der Waals surface area contributed by atoms with Gasteiger partial charge in [0.25, 0.3) is 17.5 Å². The number of rotatable bonds is 8. The zero-order valence-corrected chi connectivity index (χ0v) is 13.4. The van der Waals surface area contributed by atoms with Crippen LogP contribution >= 0.6 is 0 Å². The van der Waals surface area contributed by atoms with Crippen molar-refractivity contribution in [1.29, 1.82) is 0 Å². The van der Waals surface area contributed by atoms with E-state index in [1.165, 1.54) is 25.3 Å². The van der Waals surface area contributed by atoms with Crippen molar-refractivity contribution in [3.63, 3.8) is 0 Å². The number of hydrogen-bond acceptors (Lipinski definition) is 7. The maximum Gasteiger partial charge on any atom is 0.273 e. The van der Waals surface area contributed by atoms with E-state index >= 15 is 0 Å². The van der Waals surface area contributed by atoms with Crippen molar-refractivity contribution in [3.05, 3.63) is 28.3 Å². The molecule has 1 rings (SSSR count). The normalized spacial score (nSPS) is 10.5. The van der Waals surface area contributed by atoms with Gasteiger partial charge >= 0.3 is 0 Å². The van der Waals surface area contributed by atoms with E-state index in [4.69, 9.17) is 4.74 Å². The number of carbonyl (C=O) groups excluding carboxylic acids is 2. The van der Waals surface area contributed by atoms with Gasteiger partial charge in [-0.1, -0.05) is 5.16 Å². The first-order valence-electron chi connectivity index (χ1n) is 6.91. The van der Waals surface area contributed by atoms with Crippen LogP contribution in [0.1, 0.15) is 13.8 Å². The van der Waals surface area contributed by atoms with Crippen LogP contribution in [0.5, 0.6) is 5.75 Å². The number of non-ortho nitro benzene ring substituents is 1. The van der Waals surface area contributed by atoms with Crippen molar-refractivity contribution in [2.45, 2.75) is 19.9 Å². The highest BCUT2D eigenvalue weighted by atomic mass is 16.6. The van der Waals surface area contributed by atoms with Crippen molar-refractivity contribution in [2.75, 3.05) is 19.0 Å². The molecule has 24 heavy (non-hydrogen) atoms. The van der Waals surface area contributed by atoms with Gasteiger partial charge in [-0.05, 0) is 19.9 Å². The highest BCUT2D eigenvalue weighted by molar-refractivity contribution is 6.31. The molecule has 0 aromatic heterocycles. The Kier molecular flexibility index (Phi) is 7.14. The molecule has 2 amide bonds. The van der Waals surface area contributed by atoms with Crippen molar-refractivity contribution in [2.24, 2.45) is 5.16 Å². The molecule has 0 saturated heterocycles. The molecule has 0 saturated carbocycles. The quantitative estimate of drug-likeness (QED) is 0.414. The Hall–Kier alpha value is -3.17. The lowest BCUT2D eigenvalue weighted by molar-refractivity contribution is -0.384. The number of nitrogens with zero attached hydrogens (tertiary/aromatic N) is 2. The second kappa shape index (κ2) is 9.08. The Bertz CT molecular complexity index is 644. The summed E-state index contributed by atoms with van der Waals surface area (Å²) in [5, 5.41) is 19.1. The van der Waals surface area contributed by atoms with Crippen molar-refractivity contribution in [1.82, 2.24) is 5.32 Å². The van der Waals surface area contributed by atoms with Gasteiger partial charge in [0.05, 0.1) is 23.8 Å². The Labute approximate surface area is 138 Å². The summed E-state index contributed by atoms with van der Waals surface area (Å²) in [5.74, 6) is -0.880. The number of amides is 2. The van der Waals surface area contributed by atoms with Gasteiger partial charge in [-0.2, -0.15) is 0 Å². The molecule has 0 aliphatic rings. The summed E-state index contributed by atoms with van der Waals surface area (Å²) < 4.78 is 4.98. The lowest BCUT2D eigenvalue weighted by Crippen LogP contribution is -2.32. The van der Waals surface area contributed by atoms with E-state index < -0.39 is 10.8 Å². The fourth-order valence-corrected chi connectivity index (χ4v) is 1.61. The van der Waals surface area contributed by atoms with Crippen LogP contribution in [0.25, 0.3) is 0 Å². The fourth-order valence-electron chi connectivity index (χ4n) is 1.61. The maximum atomic E-state index is 11.7. The topological polar surface area (TPSA) is 132 Å². The molecule has 0 atom stereocenters. The summed E-state index contributed by atoms with van der Waals surface area (Å²) in [6.45, 7) is 3.28. The summed E-state index contributed by atoms with van der Waals surface area (Å²) in [4.78, 5) is 37.8. The number of nitro groups is 1. The molecule has 1 aromatic rings. The molecule has 10 heteroatoms. The Balaban J connectivity index is 2.57. The lowest BCUT2D eigenvalue weighted by Gasteiger charge is -2.08. The number of hydrogen-bond donors (Lipinski definition) is 2. The first-order valence-corrected chi connectivity index (χ1v) is 6.91. The predicted octanol–water partition coefficient (Wildman–Crippen LogP) is 1.07. The van der Waals surface area contributed by atoms with Crippen molar-refractivity contribution < 1.29 is 24.1 Å². The van der Waals surface area contributed by atoms with Crippen molar-refractivity contribution >= 4 is 29.4 Å². The summed E-state index contributed by atoms with van der Waals surface area (Å²) in [6.07, 6.45) is 0.837. The molecule has 0 aliphatic carbocycles. The van der Waals surface area contributed by atoms with Gasteiger partial charge in [-0.15, -0.1) is 0 Å². The van der Waals surface area contributed by atoms with Crippen LogP contribution in [0.3, 0.4) is 0 Å². The highest BCUT2D eigenvalue weighted by Gasteiger charge is 2.12. The minimum Gasteiger partial charge on any atom is -0.494 e. The predicted molar refractivity (Wildman–Crippen MR) is 86.0 cm³/mol. The Morgan fingerprint density at radius 2 is 2.12 bits per heavy atom. The number of benzene rings is 1. The Morgan fingerprint density at radius 1 is 1.42 bits per heavy atom. The number of ether oxygens (including phenoxy) is 1. The van der Waals surface area contributed by atoms with Crippen LogP contribution in [-0.2, 0) is 14.4 Å². The average Bonchev–Trinajstić information content (AvgIpc) is 2.51. The summed E-state index contributed by atoms with van der Waals surface area (Å²) >= 11 is 0. The number of carbonyl (C=O) groups is 2. The third kappa shape index (κ3) is 6.30. The van der Waals surface area contributed by atoms with Gasteiger partial charge in [-0.25, -0.2) is 0 Å². The van der Waals surface area contributed by atoms with Gasteiger partial charge in [0.15, 0.2) is 6.61 Å². The molecule has 0 bridgehead atoms. The number of nitrogens with one attached hydrogen (secondary N) is 2. The molecule has 0 radical (unpaired) electrons. The second-order valence-electron chi connectivity index (χ2n) is 4.86. The molecule has 0 heterocycles. The van der Waals surface area contributed by atoms with Gasteiger partial charge < -0.3 is 20.2 Å². The molecule has 130 valence electrons. The fraction of sp³-hybridized carbons (Fsp3) is 0.357.